The van der Waals surface area contributed by atoms with E-state index in [9.17, 15) is 4.79 Å². The van der Waals surface area contributed by atoms with Crippen molar-refractivity contribution in [2.45, 2.75) is 19.4 Å². The molecule has 19 heavy (non-hydrogen) atoms. The number of hydrogen-bond acceptors (Lipinski definition) is 4. The Bertz CT molecular complexity index is 546. The molecule has 0 radical (unpaired) electrons. The molecule has 1 aromatic rings. The largest absolute Gasteiger partial charge is 0.481 e. The Labute approximate surface area is 119 Å². The van der Waals surface area contributed by atoms with Gasteiger partial charge in [-0.15, -0.1) is 0 Å². The second kappa shape index (κ2) is 4.68. The van der Waals surface area contributed by atoms with Gasteiger partial charge in [0.2, 0.25) is 6.79 Å². The van der Waals surface area contributed by atoms with Crippen LogP contribution in [0.4, 0.5) is 0 Å². The highest BCUT2D eigenvalue weighted by molar-refractivity contribution is 9.10. The van der Waals surface area contributed by atoms with E-state index in [1.54, 1.807) is 0 Å². The molecule has 2 aliphatic heterocycles. The number of halogens is 1. The average molecular weight is 328 g/mol. The van der Waals surface area contributed by atoms with Gasteiger partial charge in [-0.25, -0.2) is 0 Å². The van der Waals surface area contributed by atoms with Crippen LogP contribution in [0.15, 0.2) is 10.5 Å². The van der Waals surface area contributed by atoms with Crippen molar-refractivity contribution in [3.8, 4) is 11.5 Å². The fraction of sp³-hybridized carbons (Fsp3) is 0.462. The molecule has 0 saturated carbocycles. The molecular weight excluding hydrogens is 314 g/mol. The van der Waals surface area contributed by atoms with Gasteiger partial charge in [-0.3, -0.25) is 4.79 Å². The van der Waals surface area contributed by atoms with E-state index < -0.39 is 5.97 Å². The molecule has 2 aliphatic rings. The molecule has 1 saturated heterocycles. The van der Waals surface area contributed by atoms with Crippen LogP contribution in [0.2, 0.25) is 0 Å². The van der Waals surface area contributed by atoms with E-state index in [1.807, 2.05) is 13.0 Å². The number of fused-ring (bicyclic) bond motifs is 1. The van der Waals surface area contributed by atoms with Crippen molar-refractivity contribution in [1.29, 1.82) is 0 Å². The molecule has 5 nitrogen and oxygen atoms in total. The first-order valence-corrected chi connectivity index (χ1v) is 6.92. The molecule has 1 aromatic carbocycles. The summed E-state index contributed by atoms with van der Waals surface area (Å²) in [5.74, 6) is 0.417. The molecule has 2 unspecified atom stereocenters. The van der Waals surface area contributed by atoms with Crippen molar-refractivity contribution in [2.24, 2.45) is 5.92 Å². The third-order valence-corrected chi connectivity index (χ3v) is 4.33. The predicted molar refractivity (Wildman–Crippen MR) is 71.5 cm³/mol. The standard InChI is InChI=1S/C13H14BrNO4/c1-6-8(10-2-7(4-15-10)13(16)17)3-9(14)12-11(6)18-5-19-12/h3,7,10,15H,2,4-5H2,1H3,(H,16,17). The minimum absolute atomic E-state index is 0.0481. The first-order chi connectivity index (χ1) is 9.08. The van der Waals surface area contributed by atoms with Crippen LogP contribution in [-0.4, -0.2) is 24.4 Å². The molecule has 1 fully saturated rings. The number of rotatable bonds is 2. The van der Waals surface area contributed by atoms with Gasteiger partial charge < -0.3 is 19.9 Å². The molecule has 2 atom stereocenters. The van der Waals surface area contributed by atoms with Gasteiger partial charge in [0.1, 0.15) is 0 Å². The topological polar surface area (TPSA) is 67.8 Å². The highest BCUT2D eigenvalue weighted by atomic mass is 79.9. The molecule has 0 bridgehead atoms. The number of benzene rings is 1. The van der Waals surface area contributed by atoms with Crippen molar-refractivity contribution in [3.05, 3.63) is 21.7 Å². The van der Waals surface area contributed by atoms with Gasteiger partial charge in [-0.2, -0.15) is 0 Å². The number of ether oxygens (including phenoxy) is 2. The summed E-state index contributed by atoms with van der Waals surface area (Å²) in [6.45, 7) is 2.71. The van der Waals surface area contributed by atoms with E-state index in [2.05, 4.69) is 21.2 Å². The van der Waals surface area contributed by atoms with Crippen LogP contribution in [0.1, 0.15) is 23.6 Å². The number of hydrogen-bond donors (Lipinski definition) is 2. The number of nitrogens with one attached hydrogen (secondary N) is 1. The molecule has 0 amide bonds. The van der Waals surface area contributed by atoms with E-state index in [-0.39, 0.29) is 18.8 Å². The van der Waals surface area contributed by atoms with Crippen molar-refractivity contribution >= 4 is 21.9 Å². The lowest BCUT2D eigenvalue weighted by Gasteiger charge is -2.16. The average Bonchev–Trinajstić information content (AvgIpc) is 3.01. The van der Waals surface area contributed by atoms with Crippen molar-refractivity contribution in [2.75, 3.05) is 13.3 Å². The maximum absolute atomic E-state index is 11.0. The molecule has 2 heterocycles. The van der Waals surface area contributed by atoms with Crippen LogP contribution >= 0.6 is 15.9 Å². The van der Waals surface area contributed by atoms with Crippen LogP contribution < -0.4 is 14.8 Å². The van der Waals surface area contributed by atoms with Gasteiger partial charge in [0.15, 0.2) is 11.5 Å². The summed E-state index contributed by atoms with van der Waals surface area (Å²) in [5.41, 5.74) is 2.08. The normalized spacial score (nSPS) is 24.7. The summed E-state index contributed by atoms with van der Waals surface area (Å²) in [6, 6.07) is 2.04. The molecule has 3 rings (SSSR count). The highest BCUT2D eigenvalue weighted by Crippen LogP contribution is 2.45. The van der Waals surface area contributed by atoms with Crippen LogP contribution in [0.3, 0.4) is 0 Å². The Morgan fingerprint density at radius 2 is 2.21 bits per heavy atom. The van der Waals surface area contributed by atoms with Crippen molar-refractivity contribution in [3.63, 3.8) is 0 Å². The molecular formula is C13H14BrNO4. The van der Waals surface area contributed by atoms with E-state index in [4.69, 9.17) is 14.6 Å². The number of aliphatic carboxylic acids is 1. The molecule has 0 aliphatic carbocycles. The molecule has 2 N–H and O–H groups in total. The van der Waals surface area contributed by atoms with Gasteiger partial charge in [-0.1, -0.05) is 0 Å². The monoisotopic (exact) mass is 327 g/mol. The minimum atomic E-state index is -0.743. The van der Waals surface area contributed by atoms with Gasteiger partial charge in [0, 0.05) is 12.6 Å². The minimum Gasteiger partial charge on any atom is -0.481 e. The van der Waals surface area contributed by atoms with E-state index in [0.717, 1.165) is 27.1 Å². The Morgan fingerprint density at radius 3 is 2.89 bits per heavy atom. The molecule has 0 aromatic heterocycles. The summed E-state index contributed by atoms with van der Waals surface area (Å²) in [4.78, 5) is 11.0. The summed E-state index contributed by atoms with van der Waals surface area (Å²) in [6.07, 6.45) is 0.599. The van der Waals surface area contributed by atoms with E-state index in [0.29, 0.717) is 13.0 Å². The first-order valence-electron chi connectivity index (χ1n) is 6.12. The second-order valence-corrected chi connectivity index (χ2v) is 5.72. The predicted octanol–water partition coefficient (Wildman–Crippen LogP) is 2.22. The smallest absolute Gasteiger partial charge is 0.307 e. The zero-order chi connectivity index (χ0) is 13.6. The van der Waals surface area contributed by atoms with Crippen LogP contribution in [0, 0.1) is 12.8 Å². The maximum Gasteiger partial charge on any atom is 0.307 e. The van der Waals surface area contributed by atoms with Crippen LogP contribution in [0.5, 0.6) is 11.5 Å². The Hall–Kier alpha value is -1.27. The van der Waals surface area contributed by atoms with Crippen LogP contribution in [0.25, 0.3) is 0 Å². The quantitative estimate of drug-likeness (QED) is 0.871. The lowest BCUT2D eigenvalue weighted by Crippen LogP contribution is -2.17. The lowest BCUT2D eigenvalue weighted by atomic mass is 9.96. The summed E-state index contributed by atoms with van der Waals surface area (Å²) in [7, 11) is 0. The summed E-state index contributed by atoms with van der Waals surface area (Å²) < 4.78 is 11.7. The lowest BCUT2D eigenvalue weighted by molar-refractivity contribution is -0.141. The van der Waals surface area contributed by atoms with Crippen molar-refractivity contribution in [1.82, 2.24) is 5.32 Å². The second-order valence-electron chi connectivity index (χ2n) is 4.87. The van der Waals surface area contributed by atoms with Gasteiger partial charge in [0.05, 0.1) is 10.4 Å². The number of carboxylic acid groups (broad SMARTS) is 1. The molecule has 6 heteroatoms. The zero-order valence-electron chi connectivity index (χ0n) is 10.4. The highest BCUT2D eigenvalue weighted by Gasteiger charge is 2.33. The van der Waals surface area contributed by atoms with Crippen LogP contribution in [-0.2, 0) is 4.79 Å². The third-order valence-electron chi connectivity index (χ3n) is 3.74. The molecule has 102 valence electrons. The van der Waals surface area contributed by atoms with E-state index >= 15 is 0 Å². The number of carbonyl (C=O) groups is 1. The van der Waals surface area contributed by atoms with Gasteiger partial charge in [0.25, 0.3) is 0 Å². The summed E-state index contributed by atoms with van der Waals surface area (Å²) in [5, 5.41) is 12.3. The fourth-order valence-corrected chi connectivity index (χ4v) is 3.24. The first kappa shape index (κ1) is 12.7. The molecule has 0 spiro atoms. The Balaban J connectivity index is 1.94. The Morgan fingerprint density at radius 1 is 1.47 bits per heavy atom. The fourth-order valence-electron chi connectivity index (χ4n) is 2.70. The van der Waals surface area contributed by atoms with Gasteiger partial charge in [-0.05, 0) is 46.5 Å². The SMILES string of the molecule is Cc1c(C2CC(C(=O)O)CN2)cc(Br)c2c1OCO2. The maximum atomic E-state index is 11.0. The number of carboxylic acids is 1. The van der Waals surface area contributed by atoms with Gasteiger partial charge >= 0.3 is 5.97 Å². The zero-order valence-corrected chi connectivity index (χ0v) is 12.0. The van der Waals surface area contributed by atoms with E-state index in [1.165, 1.54) is 0 Å². The Kier molecular flexibility index (Phi) is 3.14. The summed E-state index contributed by atoms with van der Waals surface area (Å²) >= 11 is 3.47. The third kappa shape index (κ3) is 2.08. The van der Waals surface area contributed by atoms with Crippen molar-refractivity contribution < 1.29 is 19.4 Å².